The number of rotatable bonds is 29. The van der Waals surface area contributed by atoms with Crippen molar-refractivity contribution in [3.63, 3.8) is 0 Å². The second kappa shape index (κ2) is 29.0. The van der Waals surface area contributed by atoms with Gasteiger partial charge in [-0.15, -0.1) is 0 Å². The minimum atomic E-state index is -1.74. The molecule has 7 fully saturated rings. The number of aliphatic hydroxyl groups excluding tert-OH is 3. The average Bonchev–Trinajstić information content (AvgIpc) is 1.61. The standard InChI is InChI=1S/C81H84F2N20O9/c1-4-95-37-63(75(107)47-7-8-47)60-22-55(13-16-69(60)95)87-81-89-68(25-73(91-81)103-33-52(74(94-103)46-5-6-46)31-101-36-59(106)43-112-101)67(83)40-97-39-65(77(109)49-11-12-49)62-23-54(15-18-71(62)97)86-80-88-56(24-72(90-80)102-32-51(45(3)93-102)30-100-35-58(105)42-111-100)19-20-96-38-64(76(108)48-9-10-48)61-21-53(14-17-70(61)96)85-79-84-26-66(82)78(92-79)98-27-44(2)50(28-98)29-99-34-57(104)41-110-99/h13-18,21-28,32-33,37-39,46-49,57-59,67,104-106H,4-12,19-20,29-31,34-36,40-43H2,1-3H3,(H,84,85,92)(H,86,88,90)(H,87,89,91). The second-order valence-corrected chi connectivity index (χ2v) is 31.0. The lowest BCUT2D eigenvalue weighted by Gasteiger charge is -2.15. The molecule has 6 N–H and O–H groups in total. The van der Waals surface area contributed by atoms with E-state index in [1.807, 2.05) is 106 Å². The summed E-state index contributed by atoms with van der Waals surface area (Å²) in [7, 11) is 0. The molecule has 9 aromatic heterocycles. The molecule has 29 nitrogen and oxygen atoms in total. The predicted octanol–water partition coefficient (Wildman–Crippen LogP) is 11.0. The Morgan fingerprint density at radius 2 is 1.04 bits per heavy atom. The van der Waals surface area contributed by atoms with Crippen LogP contribution in [0, 0.1) is 37.4 Å². The maximum absolute atomic E-state index is 18.0. The summed E-state index contributed by atoms with van der Waals surface area (Å²) in [5, 5.41) is 58.0. The molecule has 0 amide bonds. The fourth-order valence-corrected chi connectivity index (χ4v) is 15.6. The first-order valence-electron chi connectivity index (χ1n) is 38.6. The highest BCUT2D eigenvalue weighted by molar-refractivity contribution is 6.12. The molecule has 3 aromatic carbocycles. The predicted molar refractivity (Wildman–Crippen MR) is 408 cm³/mol. The maximum atomic E-state index is 18.0. The van der Waals surface area contributed by atoms with Gasteiger partial charge in [0, 0.05) is 182 Å². The number of alkyl halides is 1. The van der Waals surface area contributed by atoms with Gasteiger partial charge in [-0.25, -0.2) is 33.1 Å². The first-order valence-corrected chi connectivity index (χ1v) is 38.6. The van der Waals surface area contributed by atoms with E-state index in [2.05, 4.69) is 35.1 Å². The molecule has 4 aliphatic carbocycles. The normalized spacial score (nSPS) is 19.3. The third kappa shape index (κ3) is 14.7. The fourth-order valence-electron chi connectivity index (χ4n) is 15.6. The van der Waals surface area contributed by atoms with E-state index in [0.29, 0.717) is 121 Å². The summed E-state index contributed by atoms with van der Waals surface area (Å²) < 4.78 is 44.4. The van der Waals surface area contributed by atoms with Gasteiger partial charge in [0.2, 0.25) is 17.8 Å². The zero-order valence-electron chi connectivity index (χ0n) is 62.1. The molecule has 112 heavy (non-hydrogen) atoms. The minimum Gasteiger partial charge on any atom is -0.389 e. The van der Waals surface area contributed by atoms with Crippen LogP contribution in [0.3, 0.4) is 0 Å². The number of nitrogens with zero attached hydrogens (tertiary/aromatic N) is 17. The topological polar surface area (TPSA) is 318 Å². The number of aliphatic hydroxyl groups is 3. The first-order chi connectivity index (χ1) is 54.4. The van der Waals surface area contributed by atoms with Crippen molar-refractivity contribution >= 4 is 85.0 Å². The Hall–Kier alpha value is -10.9. The minimum absolute atomic E-state index is 0.0130. The Bertz CT molecular complexity index is 5710. The summed E-state index contributed by atoms with van der Waals surface area (Å²) in [4.78, 5) is 88.5. The maximum Gasteiger partial charge on any atom is 0.229 e. The van der Waals surface area contributed by atoms with Gasteiger partial charge in [-0.1, -0.05) is 0 Å². The number of aromatic nitrogens is 14. The van der Waals surface area contributed by atoms with Crippen molar-refractivity contribution in [2.45, 2.75) is 148 Å². The van der Waals surface area contributed by atoms with Crippen molar-refractivity contribution in [3.8, 4) is 17.5 Å². The van der Waals surface area contributed by atoms with Crippen LogP contribution in [0.15, 0.2) is 116 Å². The van der Waals surface area contributed by atoms with Gasteiger partial charge in [0.25, 0.3) is 0 Å². The summed E-state index contributed by atoms with van der Waals surface area (Å²) in [6, 6.07) is 20.6. The van der Waals surface area contributed by atoms with Crippen LogP contribution < -0.4 is 16.0 Å². The number of carbonyl (C=O) groups is 3. The highest BCUT2D eigenvalue weighted by Crippen LogP contribution is 2.44. The van der Waals surface area contributed by atoms with E-state index >= 15 is 8.78 Å². The summed E-state index contributed by atoms with van der Waals surface area (Å²) in [6.07, 6.45) is 17.6. The Balaban J connectivity index is 0.626. The number of halogens is 2. The Kier molecular flexibility index (Phi) is 18.5. The largest absolute Gasteiger partial charge is 0.389 e. The third-order valence-electron chi connectivity index (χ3n) is 22.2. The first kappa shape index (κ1) is 71.4. The van der Waals surface area contributed by atoms with Crippen molar-refractivity contribution in [2.75, 3.05) is 55.4 Å². The second-order valence-electron chi connectivity index (χ2n) is 31.0. The van der Waals surface area contributed by atoms with Crippen LogP contribution in [-0.4, -0.2) is 173 Å². The smallest absolute Gasteiger partial charge is 0.229 e. The van der Waals surface area contributed by atoms with Gasteiger partial charge in [0.1, 0.15) is 0 Å². The number of aryl methyl sites for hydroxylation is 5. The lowest BCUT2D eigenvalue weighted by Crippen LogP contribution is -2.20. The zero-order chi connectivity index (χ0) is 76.3. The number of hydrogen-bond donors (Lipinski definition) is 6. The van der Waals surface area contributed by atoms with Crippen molar-refractivity contribution in [2.24, 2.45) is 17.8 Å². The van der Waals surface area contributed by atoms with Crippen molar-refractivity contribution in [3.05, 3.63) is 184 Å². The van der Waals surface area contributed by atoms with Crippen LogP contribution in [0.5, 0.6) is 0 Å². The Morgan fingerprint density at radius 3 is 1.60 bits per heavy atom. The van der Waals surface area contributed by atoms with Crippen molar-refractivity contribution in [1.82, 2.24) is 82.9 Å². The molecule has 12 heterocycles. The third-order valence-corrected chi connectivity index (χ3v) is 22.2. The molecule has 3 saturated heterocycles. The summed E-state index contributed by atoms with van der Waals surface area (Å²) in [5.74, 6) is 0.783. The van der Waals surface area contributed by atoms with Crippen LogP contribution in [0.1, 0.15) is 146 Å². The number of β-amino-alcohol motifs (C(OH)–C–C–N with tert-alkyl or cyclic N) is 3. The van der Waals surface area contributed by atoms with E-state index < -0.39 is 30.3 Å². The zero-order valence-corrected chi connectivity index (χ0v) is 62.1. The van der Waals surface area contributed by atoms with Crippen LogP contribution >= 0.6 is 0 Å². The average molecular weight is 1520 g/mol. The number of ketones is 3. The number of nitrogens with one attached hydrogen (secondary N) is 3. The van der Waals surface area contributed by atoms with Crippen LogP contribution in [0.2, 0.25) is 0 Å². The SMILES string of the molecule is CCn1cc(C(=O)C2CC2)c2cc(Nc3nc(C(F)Cn4cc(C(=O)C5CC5)c5cc(Nc6nc(CCn7cc(C(=O)C8CC8)c8cc(Nc9ncc(F)c(-n%10cc(C)c(CN%11CC(O)CO%11)c%10)n9)ccc87)cc(-n7cc(CN8CC(O)CO8)c(C)n7)n6)ccc54)cc(-n4cc(CN5CC(O)CO5)c(C5CC5)n4)n3)ccc21. The van der Waals surface area contributed by atoms with Crippen LogP contribution in [-0.2, 0) is 60.2 Å². The van der Waals surface area contributed by atoms with Crippen molar-refractivity contribution < 1.29 is 53.0 Å². The molecule has 7 aliphatic rings. The van der Waals surface area contributed by atoms with E-state index in [1.165, 1.54) is 0 Å². The van der Waals surface area contributed by atoms with E-state index in [1.54, 1.807) is 58.3 Å². The van der Waals surface area contributed by atoms with Gasteiger partial charge in [-0.3, -0.25) is 28.9 Å². The lowest BCUT2D eigenvalue weighted by atomic mass is 10.1. The number of Topliss-reactive ketones (excluding diaryl/α,β-unsaturated/α-hetero) is 3. The molecule has 4 atom stereocenters. The molecule has 0 bridgehead atoms. The molecule has 31 heteroatoms. The summed E-state index contributed by atoms with van der Waals surface area (Å²) >= 11 is 0. The fraction of sp³-hybridized carbons (Fsp3) is 0.395. The molecule has 0 radical (unpaired) electrons. The monoisotopic (exact) mass is 1520 g/mol. The highest BCUT2D eigenvalue weighted by Gasteiger charge is 2.37. The molecular weight excluding hydrogens is 1440 g/mol. The Labute approximate surface area is 640 Å². The van der Waals surface area contributed by atoms with E-state index in [0.717, 1.165) is 113 Å². The van der Waals surface area contributed by atoms with Gasteiger partial charge in [0.15, 0.2) is 46.8 Å². The van der Waals surface area contributed by atoms with Gasteiger partial charge < -0.3 is 49.5 Å². The van der Waals surface area contributed by atoms with Crippen LogP contribution in [0.4, 0.5) is 43.7 Å². The molecule has 4 saturated carbocycles. The van der Waals surface area contributed by atoms with Gasteiger partial charge >= 0.3 is 0 Å². The van der Waals surface area contributed by atoms with Crippen molar-refractivity contribution in [1.29, 1.82) is 0 Å². The number of benzene rings is 3. The van der Waals surface area contributed by atoms with E-state index in [-0.39, 0.29) is 96.7 Å². The molecule has 12 aromatic rings. The van der Waals surface area contributed by atoms with Gasteiger partial charge in [-0.05, 0) is 138 Å². The number of carbonyl (C=O) groups excluding carboxylic acids is 3. The summed E-state index contributed by atoms with van der Waals surface area (Å²) in [5.41, 5.74) is 11.6. The number of hydroxylamine groups is 6. The number of anilines is 6. The van der Waals surface area contributed by atoms with E-state index in [4.69, 9.17) is 44.6 Å². The Morgan fingerprint density at radius 1 is 0.545 bits per heavy atom. The molecule has 576 valence electrons. The number of hydrogen-bond acceptors (Lipinski definition) is 23. The highest BCUT2D eigenvalue weighted by atomic mass is 19.1. The van der Waals surface area contributed by atoms with Crippen LogP contribution in [0.25, 0.3) is 50.2 Å². The quantitative estimate of drug-likeness (QED) is 0.0237. The number of fused-ring (bicyclic) bond motifs is 3. The van der Waals surface area contributed by atoms with Gasteiger partial charge in [0.05, 0.1) is 107 Å². The molecule has 19 rings (SSSR count). The molecule has 4 unspecified atom stereocenters. The summed E-state index contributed by atoms with van der Waals surface area (Å²) in [6.45, 7) is 9.54. The lowest BCUT2D eigenvalue weighted by molar-refractivity contribution is -0.118. The molecule has 3 aliphatic heterocycles. The van der Waals surface area contributed by atoms with Gasteiger partial charge in [-0.2, -0.15) is 40.3 Å². The van der Waals surface area contributed by atoms with E-state index in [9.17, 15) is 29.7 Å². The molecule has 0 spiro atoms. The molecular formula is C81H84F2N20O9.